The first-order chi connectivity index (χ1) is 17.1. The topological polar surface area (TPSA) is 81.1 Å². The Morgan fingerprint density at radius 1 is 0.971 bits per heavy atom. The lowest BCUT2D eigenvalue weighted by molar-refractivity contribution is 0.0977. The lowest BCUT2D eigenvalue weighted by Gasteiger charge is -2.10. The molecule has 8 heteroatoms. The average molecular weight is 488 g/mol. The highest BCUT2D eigenvalue weighted by Crippen LogP contribution is 2.19. The molecule has 0 saturated carbocycles. The third-order valence-electron chi connectivity index (χ3n) is 5.42. The van der Waals surface area contributed by atoms with Crippen molar-refractivity contribution < 1.29 is 9.53 Å². The molecule has 35 heavy (non-hydrogen) atoms. The second-order valence-electron chi connectivity index (χ2n) is 8.25. The van der Waals surface area contributed by atoms with Gasteiger partial charge in [0.1, 0.15) is 16.8 Å². The molecule has 0 spiro atoms. The molecule has 3 aromatic carbocycles. The third kappa shape index (κ3) is 6.42. The molecule has 0 bridgehead atoms. The van der Waals surface area contributed by atoms with Gasteiger partial charge in [-0.05, 0) is 85.6 Å². The van der Waals surface area contributed by atoms with Gasteiger partial charge in [-0.2, -0.15) is 4.80 Å². The molecule has 0 fully saturated rings. The highest BCUT2D eigenvalue weighted by atomic mass is 32.1. The van der Waals surface area contributed by atoms with Crippen LogP contribution < -0.4 is 15.4 Å². The predicted molar refractivity (Wildman–Crippen MR) is 143 cm³/mol. The second kappa shape index (κ2) is 11.6. The first-order valence-corrected chi connectivity index (χ1v) is 12.3. The summed E-state index contributed by atoms with van der Waals surface area (Å²) < 4.78 is 5.60. The molecule has 4 aromatic rings. The number of unbranched alkanes of at least 4 members (excludes halogenated alkanes) is 1. The van der Waals surface area contributed by atoms with E-state index in [2.05, 4.69) is 39.9 Å². The van der Waals surface area contributed by atoms with Crippen LogP contribution in [0.4, 0.5) is 5.69 Å². The van der Waals surface area contributed by atoms with Crippen molar-refractivity contribution in [1.82, 2.24) is 20.3 Å². The average Bonchev–Trinajstić information content (AvgIpc) is 3.30. The van der Waals surface area contributed by atoms with Gasteiger partial charge in [0.2, 0.25) is 0 Å². The zero-order valence-electron chi connectivity index (χ0n) is 20.0. The molecule has 7 nitrogen and oxygen atoms in total. The fourth-order valence-corrected chi connectivity index (χ4v) is 3.78. The molecule has 0 radical (unpaired) electrons. The van der Waals surface area contributed by atoms with Gasteiger partial charge in [-0.15, -0.1) is 10.2 Å². The summed E-state index contributed by atoms with van der Waals surface area (Å²) in [7, 11) is 0. The molecule has 1 heterocycles. The van der Waals surface area contributed by atoms with E-state index >= 15 is 0 Å². The molecule has 180 valence electrons. The van der Waals surface area contributed by atoms with E-state index in [0.29, 0.717) is 23.6 Å². The molecule has 0 atom stereocenters. The van der Waals surface area contributed by atoms with Crippen molar-refractivity contribution in [3.63, 3.8) is 0 Å². The van der Waals surface area contributed by atoms with Crippen LogP contribution >= 0.6 is 12.2 Å². The Hall–Kier alpha value is -3.78. The first-order valence-electron chi connectivity index (χ1n) is 11.9. The lowest BCUT2D eigenvalue weighted by Crippen LogP contribution is -2.34. The zero-order valence-corrected chi connectivity index (χ0v) is 20.8. The number of rotatable bonds is 9. The van der Waals surface area contributed by atoms with Crippen LogP contribution in [0, 0.1) is 0 Å². The van der Waals surface area contributed by atoms with Crippen LogP contribution in [0.3, 0.4) is 0 Å². The Balaban J connectivity index is 1.40. The monoisotopic (exact) mass is 487 g/mol. The highest BCUT2D eigenvalue weighted by molar-refractivity contribution is 7.80. The van der Waals surface area contributed by atoms with Gasteiger partial charge in [0.15, 0.2) is 5.11 Å². The third-order valence-corrected chi connectivity index (χ3v) is 5.62. The number of aromatic nitrogens is 3. The van der Waals surface area contributed by atoms with E-state index in [1.165, 1.54) is 18.4 Å². The van der Waals surface area contributed by atoms with Crippen LogP contribution in [0.2, 0.25) is 0 Å². The number of benzene rings is 3. The number of amides is 1. The van der Waals surface area contributed by atoms with Crippen molar-refractivity contribution in [2.75, 3.05) is 11.9 Å². The minimum Gasteiger partial charge on any atom is -0.494 e. The molecular formula is C27H29N5O2S. The molecule has 4 rings (SSSR count). The number of thiocarbonyl (C=S) groups is 1. The Morgan fingerprint density at radius 3 is 2.54 bits per heavy atom. The quantitative estimate of drug-likeness (QED) is 0.296. The number of hydrogen-bond donors (Lipinski definition) is 2. The van der Waals surface area contributed by atoms with E-state index < -0.39 is 0 Å². The van der Waals surface area contributed by atoms with E-state index in [1.54, 1.807) is 23.0 Å². The number of ether oxygens (including phenoxy) is 1. The van der Waals surface area contributed by atoms with Crippen LogP contribution in [0.25, 0.3) is 16.7 Å². The standard InChI is InChI=1S/C27H29N5O2S/c1-3-5-7-19-10-13-22(14-11-19)32-30-24-15-12-21(18-25(24)31-32)28-27(35)29-26(33)20-8-6-9-23(17-20)34-16-4-2/h6,8-15,17-18H,3-5,7,16H2,1-2H3,(H2,28,29,33,35). The van der Waals surface area contributed by atoms with Crippen LogP contribution in [0.15, 0.2) is 66.7 Å². The van der Waals surface area contributed by atoms with Gasteiger partial charge in [-0.3, -0.25) is 10.1 Å². The largest absolute Gasteiger partial charge is 0.494 e. The number of nitrogens with zero attached hydrogens (tertiary/aromatic N) is 3. The van der Waals surface area contributed by atoms with E-state index in [4.69, 9.17) is 17.0 Å². The summed E-state index contributed by atoms with van der Waals surface area (Å²) in [4.78, 5) is 14.2. The maximum atomic E-state index is 12.6. The molecule has 1 amide bonds. The first kappa shape index (κ1) is 24.3. The van der Waals surface area contributed by atoms with Gasteiger partial charge in [0, 0.05) is 11.3 Å². The summed E-state index contributed by atoms with van der Waals surface area (Å²) in [6.07, 6.45) is 4.34. The van der Waals surface area contributed by atoms with Gasteiger partial charge < -0.3 is 10.1 Å². The van der Waals surface area contributed by atoms with Crippen molar-refractivity contribution >= 4 is 40.0 Å². The summed E-state index contributed by atoms with van der Waals surface area (Å²) in [6, 6.07) is 20.9. The number of carbonyl (C=O) groups is 1. The van der Waals surface area contributed by atoms with Crippen molar-refractivity contribution in [1.29, 1.82) is 0 Å². The van der Waals surface area contributed by atoms with Crippen LogP contribution in [-0.2, 0) is 6.42 Å². The van der Waals surface area contributed by atoms with Crippen LogP contribution in [-0.4, -0.2) is 32.6 Å². The fourth-order valence-electron chi connectivity index (χ4n) is 3.57. The highest BCUT2D eigenvalue weighted by Gasteiger charge is 2.11. The Labute approximate surface area is 210 Å². The van der Waals surface area contributed by atoms with Gasteiger partial charge in [-0.1, -0.05) is 38.5 Å². The molecule has 1 aromatic heterocycles. The van der Waals surface area contributed by atoms with Crippen molar-refractivity contribution in [3.8, 4) is 11.4 Å². The molecule has 2 N–H and O–H groups in total. The second-order valence-corrected chi connectivity index (χ2v) is 8.66. The molecule has 0 aliphatic carbocycles. The Morgan fingerprint density at radius 2 is 1.77 bits per heavy atom. The number of fused-ring (bicyclic) bond motifs is 1. The maximum absolute atomic E-state index is 12.6. The van der Waals surface area contributed by atoms with E-state index in [9.17, 15) is 4.79 Å². The van der Waals surface area contributed by atoms with Gasteiger partial charge in [-0.25, -0.2) is 0 Å². The van der Waals surface area contributed by atoms with Crippen LogP contribution in [0.5, 0.6) is 5.75 Å². The fraction of sp³-hybridized carbons (Fsp3) is 0.259. The lowest BCUT2D eigenvalue weighted by atomic mass is 10.1. The molecule has 0 unspecified atom stereocenters. The number of aryl methyl sites for hydroxylation is 1. The van der Waals surface area contributed by atoms with Crippen LogP contribution in [0.1, 0.15) is 49.0 Å². The van der Waals surface area contributed by atoms with Gasteiger partial charge in [0.05, 0.1) is 12.3 Å². The van der Waals surface area contributed by atoms with E-state index in [-0.39, 0.29) is 11.0 Å². The Bertz CT molecular complexity index is 1320. The van der Waals surface area contributed by atoms with Gasteiger partial charge in [0.25, 0.3) is 5.91 Å². The summed E-state index contributed by atoms with van der Waals surface area (Å²) in [6.45, 7) is 4.83. The SMILES string of the molecule is CCCCc1ccc(-n2nc3ccc(NC(=S)NC(=O)c4cccc(OCCC)c4)cc3n2)cc1. The molecule has 0 saturated heterocycles. The maximum Gasteiger partial charge on any atom is 0.257 e. The number of hydrogen-bond acceptors (Lipinski definition) is 5. The zero-order chi connectivity index (χ0) is 24.6. The normalized spacial score (nSPS) is 10.8. The van der Waals surface area contributed by atoms with Crippen molar-refractivity contribution in [2.45, 2.75) is 39.5 Å². The number of carbonyl (C=O) groups excluding carboxylic acids is 1. The van der Waals surface area contributed by atoms with Gasteiger partial charge >= 0.3 is 0 Å². The summed E-state index contributed by atoms with van der Waals surface area (Å²) >= 11 is 5.35. The Kier molecular flexibility index (Phi) is 8.05. The molecule has 0 aliphatic rings. The minimum atomic E-state index is -0.307. The minimum absolute atomic E-state index is 0.198. The smallest absolute Gasteiger partial charge is 0.257 e. The number of nitrogens with one attached hydrogen (secondary N) is 2. The molecular weight excluding hydrogens is 458 g/mol. The summed E-state index contributed by atoms with van der Waals surface area (Å²) in [5.74, 6) is 0.348. The van der Waals surface area contributed by atoms with E-state index in [1.807, 2.05) is 43.3 Å². The molecule has 0 aliphatic heterocycles. The number of anilines is 1. The summed E-state index contributed by atoms with van der Waals surface area (Å²) in [5.41, 5.74) is 4.90. The summed E-state index contributed by atoms with van der Waals surface area (Å²) in [5, 5.41) is 15.1. The van der Waals surface area contributed by atoms with Crippen molar-refractivity contribution in [3.05, 3.63) is 77.9 Å². The van der Waals surface area contributed by atoms with E-state index in [0.717, 1.165) is 29.6 Å². The predicted octanol–water partition coefficient (Wildman–Crippen LogP) is 5.68. The van der Waals surface area contributed by atoms with Crippen molar-refractivity contribution in [2.24, 2.45) is 0 Å².